The van der Waals surface area contributed by atoms with Crippen LogP contribution in [0.5, 0.6) is 0 Å². The summed E-state index contributed by atoms with van der Waals surface area (Å²) in [6, 6.07) is 0. The minimum Gasteiger partial charge on any atom is -0.462 e. The van der Waals surface area contributed by atoms with E-state index in [2.05, 4.69) is 25.9 Å². The number of carbonyl (C=O) groups excluding carboxylic acids is 1. The Morgan fingerprint density at radius 1 is 1.50 bits per heavy atom. The molecule has 1 rings (SSSR count). The summed E-state index contributed by atoms with van der Waals surface area (Å²) in [4.78, 5) is 11.6. The van der Waals surface area contributed by atoms with Gasteiger partial charge in [-0.05, 0) is 18.8 Å². The van der Waals surface area contributed by atoms with Crippen molar-refractivity contribution in [3.8, 4) is 0 Å². The number of nitrogens with two attached hydrogens (primary N) is 1. The lowest BCUT2D eigenvalue weighted by Crippen LogP contribution is -2.18. The quantitative estimate of drug-likeness (QED) is 0.790. The fourth-order valence-corrected chi connectivity index (χ4v) is 1.94. The van der Waals surface area contributed by atoms with E-state index in [0.717, 1.165) is 13.0 Å². The van der Waals surface area contributed by atoms with Crippen LogP contribution in [0.2, 0.25) is 0 Å². The maximum absolute atomic E-state index is 11.6. The summed E-state index contributed by atoms with van der Waals surface area (Å²) >= 11 is 0. The molecule has 0 aliphatic rings. The zero-order chi connectivity index (χ0) is 13.7. The minimum absolute atomic E-state index is 0.340. The van der Waals surface area contributed by atoms with Crippen molar-refractivity contribution in [2.45, 2.75) is 40.7 Å². The molecule has 18 heavy (non-hydrogen) atoms. The van der Waals surface area contributed by atoms with Gasteiger partial charge < -0.3 is 10.5 Å². The van der Waals surface area contributed by atoms with Gasteiger partial charge in [0.25, 0.3) is 0 Å². The van der Waals surface area contributed by atoms with Gasteiger partial charge >= 0.3 is 5.97 Å². The molecule has 1 atom stereocenters. The third kappa shape index (κ3) is 3.24. The molecule has 0 saturated carbocycles. The van der Waals surface area contributed by atoms with E-state index in [0.29, 0.717) is 29.8 Å². The molecule has 5 nitrogen and oxygen atoms in total. The number of anilines is 1. The van der Waals surface area contributed by atoms with Gasteiger partial charge in [0.2, 0.25) is 0 Å². The van der Waals surface area contributed by atoms with Crippen LogP contribution >= 0.6 is 0 Å². The molecule has 1 aromatic heterocycles. The first-order chi connectivity index (χ1) is 8.51. The fourth-order valence-electron chi connectivity index (χ4n) is 1.94. The summed E-state index contributed by atoms with van der Waals surface area (Å²) in [6.45, 7) is 9.35. The third-order valence-electron chi connectivity index (χ3n) is 3.25. The number of ether oxygens (including phenoxy) is 1. The van der Waals surface area contributed by atoms with Crippen LogP contribution in [0.1, 0.15) is 44.5 Å². The summed E-state index contributed by atoms with van der Waals surface area (Å²) in [5, 5.41) is 4.18. The lowest BCUT2D eigenvalue weighted by Gasteiger charge is -2.19. The Morgan fingerprint density at radius 3 is 2.67 bits per heavy atom. The van der Waals surface area contributed by atoms with Crippen LogP contribution in [-0.4, -0.2) is 22.4 Å². The van der Waals surface area contributed by atoms with Crippen molar-refractivity contribution in [1.29, 1.82) is 0 Å². The Hall–Kier alpha value is -1.52. The number of hydrogen-bond donors (Lipinski definition) is 1. The molecule has 5 heteroatoms. The summed E-state index contributed by atoms with van der Waals surface area (Å²) < 4.78 is 6.62. The molecule has 0 spiro atoms. The van der Waals surface area contributed by atoms with Gasteiger partial charge in [-0.25, -0.2) is 9.48 Å². The van der Waals surface area contributed by atoms with E-state index in [4.69, 9.17) is 10.5 Å². The van der Waals surface area contributed by atoms with Crippen LogP contribution in [0.3, 0.4) is 0 Å². The highest BCUT2D eigenvalue weighted by molar-refractivity contribution is 5.93. The van der Waals surface area contributed by atoms with E-state index in [9.17, 15) is 4.79 Å². The molecule has 0 aliphatic heterocycles. The number of nitrogens with zero attached hydrogens (tertiary/aromatic N) is 2. The molecule has 0 radical (unpaired) electrons. The molecule has 0 bridgehead atoms. The smallest absolute Gasteiger partial charge is 0.343 e. The molecule has 1 aromatic rings. The molecule has 1 heterocycles. The van der Waals surface area contributed by atoms with Crippen molar-refractivity contribution in [3.05, 3.63) is 11.8 Å². The van der Waals surface area contributed by atoms with Crippen molar-refractivity contribution in [2.75, 3.05) is 12.3 Å². The first-order valence-corrected chi connectivity index (χ1v) is 6.49. The predicted octanol–water partition coefficient (Wildman–Crippen LogP) is 2.32. The van der Waals surface area contributed by atoms with E-state index in [1.165, 1.54) is 6.20 Å². The normalized spacial score (nSPS) is 12.7. The maximum Gasteiger partial charge on any atom is 0.343 e. The van der Waals surface area contributed by atoms with Crippen LogP contribution in [0, 0.1) is 11.8 Å². The molecule has 0 saturated heterocycles. The number of hydrogen-bond acceptors (Lipinski definition) is 4. The number of aromatic nitrogens is 2. The second-order valence-electron chi connectivity index (χ2n) is 4.76. The molecule has 0 aliphatic carbocycles. The van der Waals surface area contributed by atoms with Crippen LogP contribution in [0.15, 0.2) is 6.20 Å². The van der Waals surface area contributed by atoms with Crippen LogP contribution in [0.4, 0.5) is 5.82 Å². The van der Waals surface area contributed by atoms with E-state index in [1.54, 1.807) is 11.6 Å². The van der Waals surface area contributed by atoms with Gasteiger partial charge in [-0.1, -0.05) is 27.2 Å². The molecular weight excluding hydrogens is 230 g/mol. The van der Waals surface area contributed by atoms with Gasteiger partial charge in [0.15, 0.2) is 0 Å². The van der Waals surface area contributed by atoms with Crippen molar-refractivity contribution >= 4 is 11.8 Å². The first-order valence-electron chi connectivity index (χ1n) is 6.49. The molecular formula is C13H23N3O2. The number of nitrogen functional groups attached to an aromatic ring is 1. The van der Waals surface area contributed by atoms with Crippen LogP contribution in [0.25, 0.3) is 0 Å². The van der Waals surface area contributed by atoms with Gasteiger partial charge in [-0.3, -0.25) is 0 Å². The van der Waals surface area contributed by atoms with Gasteiger partial charge in [0.1, 0.15) is 11.4 Å². The SMILES string of the molecule is CCOC(=O)c1cnn(CC(CC)C(C)C)c1N. The van der Waals surface area contributed by atoms with Crippen molar-refractivity contribution in [2.24, 2.45) is 11.8 Å². The Labute approximate surface area is 108 Å². The molecule has 0 fully saturated rings. The molecule has 0 amide bonds. The first kappa shape index (κ1) is 14.5. The average molecular weight is 253 g/mol. The maximum atomic E-state index is 11.6. The lowest BCUT2D eigenvalue weighted by atomic mass is 9.93. The number of carbonyl (C=O) groups is 1. The van der Waals surface area contributed by atoms with E-state index in [1.807, 2.05) is 0 Å². The lowest BCUT2D eigenvalue weighted by molar-refractivity contribution is 0.0527. The summed E-state index contributed by atoms with van der Waals surface area (Å²) in [5.74, 6) is 1.05. The highest BCUT2D eigenvalue weighted by Gasteiger charge is 2.19. The Morgan fingerprint density at radius 2 is 2.17 bits per heavy atom. The molecule has 102 valence electrons. The standard InChI is InChI=1S/C13H23N3O2/c1-5-10(9(3)4)8-16-12(14)11(7-15-16)13(17)18-6-2/h7,9-10H,5-6,8,14H2,1-4H3. The largest absolute Gasteiger partial charge is 0.462 e. The van der Waals surface area contributed by atoms with Crippen molar-refractivity contribution in [1.82, 2.24) is 9.78 Å². The Kier molecular flexibility index (Phi) is 5.19. The van der Waals surface area contributed by atoms with Gasteiger partial charge in [0, 0.05) is 6.54 Å². The second kappa shape index (κ2) is 6.42. The predicted molar refractivity (Wildman–Crippen MR) is 71.2 cm³/mol. The van der Waals surface area contributed by atoms with Crippen LogP contribution in [-0.2, 0) is 11.3 Å². The average Bonchev–Trinajstić information content (AvgIpc) is 2.67. The van der Waals surface area contributed by atoms with Gasteiger partial charge in [0.05, 0.1) is 12.8 Å². The van der Waals surface area contributed by atoms with E-state index in [-0.39, 0.29) is 0 Å². The highest BCUT2D eigenvalue weighted by Crippen LogP contribution is 2.20. The highest BCUT2D eigenvalue weighted by atomic mass is 16.5. The van der Waals surface area contributed by atoms with Crippen molar-refractivity contribution < 1.29 is 9.53 Å². The zero-order valence-corrected chi connectivity index (χ0v) is 11.6. The van der Waals surface area contributed by atoms with Crippen LogP contribution < -0.4 is 5.73 Å². The van der Waals surface area contributed by atoms with E-state index < -0.39 is 5.97 Å². The summed E-state index contributed by atoms with van der Waals surface area (Å²) in [7, 11) is 0. The second-order valence-corrected chi connectivity index (χ2v) is 4.76. The molecule has 0 aromatic carbocycles. The zero-order valence-electron chi connectivity index (χ0n) is 11.6. The minimum atomic E-state index is -0.404. The topological polar surface area (TPSA) is 70.1 Å². The summed E-state index contributed by atoms with van der Waals surface area (Å²) in [5.41, 5.74) is 6.29. The van der Waals surface area contributed by atoms with Crippen molar-refractivity contribution in [3.63, 3.8) is 0 Å². The molecule has 1 unspecified atom stereocenters. The van der Waals surface area contributed by atoms with Gasteiger partial charge in [-0.2, -0.15) is 5.10 Å². The number of rotatable bonds is 6. The Bertz CT molecular complexity index is 399. The number of esters is 1. The fraction of sp³-hybridized carbons (Fsp3) is 0.692. The monoisotopic (exact) mass is 253 g/mol. The Balaban J connectivity index is 2.83. The van der Waals surface area contributed by atoms with E-state index >= 15 is 0 Å². The molecule has 2 N–H and O–H groups in total. The summed E-state index contributed by atoms with van der Waals surface area (Å²) in [6.07, 6.45) is 2.55. The van der Waals surface area contributed by atoms with Gasteiger partial charge in [-0.15, -0.1) is 0 Å². The third-order valence-corrected chi connectivity index (χ3v) is 3.25.